The minimum atomic E-state index is -0.236. The number of benzene rings is 3. The molecule has 0 aliphatic rings. The number of methoxy groups -OCH3 is 1. The zero-order valence-corrected chi connectivity index (χ0v) is 20.0. The van der Waals surface area contributed by atoms with Crippen molar-refractivity contribution in [2.45, 2.75) is 33.9 Å². The van der Waals surface area contributed by atoms with Gasteiger partial charge in [-0.05, 0) is 61.7 Å². The van der Waals surface area contributed by atoms with Crippen LogP contribution < -0.4 is 14.8 Å². The van der Waals surface area contributed by atoms with Gasteiger partial charge in [0.2, 0.25) is 0 Å². The molecule has 1 N–H and O–H groups in total. The Bertz CT molecular complexity index is 1300. The van der Waals surface area contributed by atoms with Crippen LogP contribution >= 0.6 is 0 Å². The molecule has 174 valence electrons. The molecular weight excluding hydrogens is 426 g/mol. The van der Waals surface area contributed by atoms with Gasteiger partial charge in [0.15, 0.2) is 5.82 Å². The quantitative estimate of drug-likeness (QED) is 0.370. The molecule has 1 amide bonds. The van der Waals surface area contributed by atoms with Gasteiger partial charge in [0.25, 0.3) is 5.91 Å². The molecule has 34 heavy (non-hydrogen) atoms. The van der Waals surface area contributed by atoms with Gasteiger partial charge in [-0.3, -0.25) is 9.48 Å². The summed E-state index contributed by atoms with van der Waals surface area (Å²) in [6, 6.07) is 23.4. The molecule has 0 bridgehead atoms. The van der Waals surface area contributed by atoms with Gasteiger partial charge in [-0.15, -0.1) is 0 Å². The number of ether oxygens (including phenoxy) is 2. The number of carbonyl (C=O) groups is 1. The van der Waals surface area contributed by atoms with E-state index < -0.39 is 0 Å². The first-order valence-electron chi connectivity index (χ1n) is 11.2. The Morgan fingerprint density at radius 3 is 2.50 bits per heavy atom. The highest BCUT2D eigenvalue weighted by Gasteiger charge is 2.14. The third-order valence-electron chi connectivity index (χ3n) is 5.67. The van der Waals surface area contributed by atoms with Crippen LogP contribution in [0.15, 0.2) is 72.8 Å². The van der Waals surface area contributed by atoms with E-state index in [9.17, 15) is 4.79 Å². The molecule has 4 rings (SSSR count). The highest BCUT2D eigenvalue weighted by atomic mass is 16.5. The molecule has 4 aromatic rings. The van der Waals surface area contributed by atoms with Crippen molar-refractivity contribution in [2.75, 3.05) is 12.4 Å². The Morgan fingerprint density at radius 2 is 1.74 bits per heavy atom. The van der Waals surface area contributed by atoms with Gasteiger partial charge in [-0.2, -0.15) is 5.10 Å². The van der Waals surface area contributed by atoms with Crippen LogP contribution in [0.3, 0.4) is 0 Å². The lowest BCUT2D eigenvalue weighted by atomic mass is 10.1. The van der Waals surface area contributed by atoms with E-state index in [0.29, 0.717) is 30.3 Å². The molecule has 0 aliphatic heterocycles. The SMILES string of the molecule is COc1ccc(C(=O)Nc2cc(C)n(Cc3ccccc3)n2)cc1COc1cc(C)ccc1C. The van der Waals surface area contributed by atoms with Crippen LogP contribution in [0.25, 0.3) is 0 Å². The fourth-order valence-corrected chi connectivity index (χ4v) is 3.73. The van der Waals surface area contributed by atoms with Crippen LogP contribution in [0, 0.1) is 20.8 Å². The van der Waals surface area contributed by atoms with Crippen molar-refractivity contribution in [1.82, 2.24) is 9.78 Å². The number of aryl methyl sites for hydroxylation is 3. The Hall–Kier alpha value is -4.06. The molecule has 0 spiro atoms. The van der Waals surface area contributed by atoms with Gasteiger partial charge in [0.05, 0.1) is 13.7 Å². The number of anilines is 1. The van der Waals surface area contributed by atoms with Gasteiger partial charge in [0, 0.05) is 22.9 Å². The summed E-state index contributed by atoms with van der Waals surface area (Å²) < 4.78 is 13.4. The van der Waals surface area contributed by atoms with E-state index in [1.54, 1.807) is 25.3 Å². The minimum Gasteiger partial charge on any atom is -0.496 e. The standard InChI is InChI=1S/C28H29N3O3/c1-19-10-11-20(2)26(14-19)34-18-24-16-23(12-13-25(24)33-4)28(32)29-27-15-21(3)31(30-27)17-22-8-6-5-7-9-22/h5-16H,17-18H2,1-4H3,(H,29,30,32). The first kappa shape index (κ1) is 23.1. The number of hydrogen-bond donors (Lipinski definition) is 1. The van der Waals surface area contributed by atoms with Gasteiger partial charge in [-0.25, -0.2) is 0 Å². The fourth-order valence-electron chi connectivity index (χ4n) is 3.73. The molecule has 1 aromatic heterocycles. The predicted molar refractivity (Wildman–Crippen MR) is 134 cm³/mol. The van der Waals surface area contributed by atoms with Gasteiger partial charge in [0.1, 0.15) is 18.1 Å². The molecule has 0 unspecified atom stereocenters. The second kappa shape index (κ2) is 10.3. The second-order valence-electron chi connectivity index (χ2n) is 8.35. The predicted octanol–water partition coefficient (Wildman–Crippen LogP) is 5.70. The lowest BCUT2D eigenvalue weighted by molar-refractivity contribution is 0.102. The van der Waals surface area contributed by atoms with Gasteiger partial charge >= 0.3 is 0 Å². The number of nitrogens with one attached hydrogen (secondary N) is 1. The molecule has 0 fully saturated rings. The zero-order valence-electron chi connectivity index (χ0n) is 20.0. The molecule has 6 heteroatoms. The summed E-state index contributed by atoms with van der Waals surface area (Å²) in [5.74, 6) is 1.77. The molecule has 0 atom stereocenters. The topological polar surface area (TPSA) is 65.4 Å². The normalized spacial score (nSPS) is 10.7. The number of aromatic nitrogens is 2. The Kier molecular flexibility index (Phi) is 6.97. The van der Waals surface area contributed by atoms with E-state index in [1.165, 1.54) is 0 Å². The largest absolute Gasteiger partial charge is 0.496 e. The number of amides is 1. The first-order chi connectivity index (χ1) is 16.4. The maximum atomic E-state index is 13.0. The maximum absolute atomic E-state index is 13.0. The van der Waals surface area contributed by atoms with Crippen LogP contribution in [0.4, 0.5) is 5.82 Å². The number of nitrogens with zero attached hydrogens (tertiary/aromatic N) is 2. The highest BCUT2D eigenvalue weighted by molar-refractivity contribution is 6.04. The number of rotatable bonds is 8. The van der Waals surface area contributed by atoms with E-state index in [1.807, 2.05) is 61.9 Å². The summed E-state index contributed by atoms with van der Waals surface area (Å²) in [6.07, 6.45) is 0. The monoisotopic (exact) mass is 455 g/mol. The first-order valence-corrected chi connectivity index (χ1v) is 11.2. The molecular formula is C28H29N3O3. The van der Waals surface area contributed by atoms with Crippen molar-refractivity contribution in [2.24, 2.45) is 0 Å². The Balaban J connectivity index is 1.48. The fraction of sp³-hybridized carbons (Fsp3) is 0.214. The van der Waals surface area contributed by atoms with Crippen molar-refractivity contribution in [3.63, 3.8) is 0 Å². The van der Waals surface area contributed by atoms with Crippen molar-refractivity contribution in [3.05, 3.63) is 106 Å². The van der Waals surface area contributed by atoms with E-state index in [4.69, 9.17) is 9.47 Å². The molecule has 6 nitrogen and oxygen atoms in total. The van der Waals surface area contributed by atoms with Crippen LogP contribution in [-0.4, -0.2) is 22.8 Å². The van der Waals surface area contributed by atoms with E-state index >= 15 is 0 Å². The summed E-state index contributed by atoms with van der Waals surface area (Å²) in [5, 5.41) is 7.46. The van der Waals surface area contributed by atoms with Crippen molar-refractivity contribution < 1.29 is 14.3 Å². The van der Waals surface area contributed by atoms with Crippen LogP contribution in [0.1, 0.15) is 38.3 Å². The lowest BCUT2D eigenvalue weighted by Gasteiger charge is -2.14. The van der Waals surface area contributed by atoms with Crippen molar-refractivity contribution in [1.29, 1.82) is 0 Å². The zero-order chi connectivity index (χ0) is 24.1. The summed E-state index contributed by atoms with van der Waals surface area (Å²) in [7, 11) is 1.61. The van der Waals surface area contributed by atoms with E-state index in [0.717, 1.165) is 33.7 Å². The molecule has 1 heterocycles. The maximum Gasteiger partial charge on any atom is 0.256 e. The molecule has 3 aromatic carbocycles. The lowest BCUT2D eigenvalue weighted by Crippen LogP contribution is -2.14. The average molecular weight is 456 g/mol. The Morgan fingerprint density at radius 1 is 0.941 bits per heavy atom. The van der Waals surface area contributed by atoms with Gasteiger partial charge < -0.3 is 14.8 Å². The summed E-state index contributed by atoms with van der Waals surface area (Å²) >= 11 is 0. The van der Waals surface area contributed by atoms with E-state index in [2.05, 4.69) is 28.6 Å². The third-order valence-corrected chi connectivity index (χ3v) is 5.67. The van der Waals surface area contributed by atoms with Crippen LogP contribution in [0.2, 0.25) is 0 Å². The summed E-state index contributed by atoms with van der Waals surface area (Å²) in [6.45, 7) is 6.95. The van der Waals surface area contributed by atoms with Crippen LogP contribution in [-0.2, 0) is 13.2 Å². The smallest absolute Gasteiger partial charge is 0.256 e. The summed E-state index contributed by atoms with van der Waals surface area (Å²) in [4.78, 5) is 13.0. The second-order valence-corrected chi connectivity index (χ2v) is 8.35. The minimum absolute atomic E-state index is 0.236. The Labute approximate surface area is 200 Å². The van der Waals surface area contributed by atoms with Crippen molar-refractivity contribution >= 4 is 11.7 Å². The molecule has 0 saturated carbocycles. The van der Waals surface area contributed by atoms with E-state index in [-0.39, 0.29) is 5.91 Å². The molecule has 0 aliphatic carbocycles. The molecule has 0 radical (unpaired) electrons. The van der Waals surface area contributed by atoms with Gasteiger partial charge in [-0.1, -0.05) is 42.5 Å². The van der Waals surface area contributed by atoms with Crippen LogP contribution in [0.5, 0.6) is 11.5 Å². The highest BCUT2D eigenvalue weighted by Crippen LogP contribution is 2.25. The number of hydrogen-bond acceptors (Lipinski definition) is 4. The third kappa shape index (κ3) is 5.46. The molecule has 0 saturated heterocycles. The summed E-state index contributed by atoms with van der Waals surface area (Å²) in [5.41, 5.74) is 5.60. The average Bonchev–Trinajstić information content (AvgIpc) is 3.18. The van der Waals surface area contributed by atoms with Crippen molar-refractivity contribution in [3.8, 4) is 11.5 Å². The number of carbonyl (C=O) groups excluding carboxylic acids is 1.